The van der Waals surface area contributed by atoms with Gasteiger partial charge in [-0.25, -0.2) is 9.78 Å². The van der Waals surface area contributed by atoms with Gasteiger partial charge in [0.25, 0.3) is 0 Å². The molecule has 0 saturated carbocycles. The number of urea groups is 1. The lowest BCUT2D eigenvalue weighted by atomic mass is 10.2. The molecular formula is C15H16F3N3O3. The molecule has 1 atom stereocenters. The van der Waals surface area contributed by atoms with Crippen LogP contribution >= 0.6 is 0 Å². The molecule has 2 aromatic rings. The molecule has 1 aromatic heterocycles. The second-order valence-electron chi connectivity index (χ2n) is 5.22. The lowest BCUT2D eigenvalue weighted by molar-refractivity contribution is -0.205. The minimum atomic E-state index is -4.78. The van der Waals surface area contributed by atoms with E-state index in [1.807, 2.05) is 0 Å². The molecule has 24 heavy (non-hydrogen) atoms. The smallest absolute Gasteiger partial charge is 0.416 e. The Morgan fingerprint density at radius 1 is 1.46 bits per heavy atom. The number of nitrogens with zero attached hydrogens (tertiary/aromatic N) is 2. The zero-order chi connectivity index (χ0) is 17.9. The van der Waals surface area contributed by atoms with Crippen LogP contribution in [-0.2, 0) is 0 Å². The van der Waals surface area contributed by atoms with Crippen molar-refractivity contribution < 1.29 is 27.5 Å². The van der Waals surface area contributed by atoms with Gasteiger partial charge in [0.2, 0.25) is 5.89 Å². The van der Waals surface area contributed by atoms with Gasteiger partial charge in [-0.3, -0.25) is 0 Å². The van der Waals surface area contributed by atoms with E-state index in [2.05, 4.69) is 10.3 Å². The standard InChI is InChI=1S/C15H16F3N3O3/c1-9-7-19-13(24-9)10-4-3-5-11(6-10)20-14(23)21(2)8-12(22)15(16,17)18/h3-7,12,22H,8H2,1-2H3,(H,20,23). The molecule has 0 aliphatic rings. The maximum atomic E-state index is 12.3. The molecule has 1 unspecified atom stereocenters. The summed E-state index contributed by atoms with van der Waals surface area (Å²) < 4.78 is 42.3. The van der Waals surface area contributed by atoms with Crippen molar-refractivity contribution in [3.05, 3.63) is 36.2 Å². The van der Waals surface area contributed by atoms with Crippen LogP contribution in [0.15, 0.2) is 34.9 Å². The number of hydrogen-bond donors (Lipinski definition) is 2. The van der Waals surface area contributed by atoms with Gasteiger partial charge in [-0.1, -0.05) is 6.07 Å². The first-order valence-electron chi connectivity index (χ1n) is 6.96. The number of rotatable bonds is 4. The average molecular weight is 343 g/mol. The summed E-state index contributed by atoms with van der Waals surface area (Å²) in [6.07, 6.45) is -5.83. The van der Waals surface area contributed by atoms with E-state index in [1.165, 1.54) is 0 Å². The highest BCUT2D eigenvalue weighted by molar-refractivity contribution is 5.89. The fraction of sp³-hybridized carbons (Fsp3) is 0.333. The number of alkyl halides is 3. The number of carbonyl (C=O) groups is 1. The number of hydrogen-bond acceptors (Lipinski definition) is 4. The van der Waals surface area contributed by atoms with E-state index >= 15 is 0 Å². The van der Waals surface area contributed by atoms with Gasteiger partial charge in [0.05, 0.1) is 12.7 Å². The maximum absolute atomic E-state index is 12.3. The zero-order valence-corrected chi connectivity index (χ0v) is 13.0. The number of benzene rings is 1. The van der Waals surface area contributed by atoms with Crippen LogP contribution in [0.1, 0.15) is 5.76 Å². The number of carbonyl (C=O) groups excluding carboxylic acids is 1. The average Bonchev–Trinajstić information content (AvgIpc) is 2.93. The number of aliphatic hydroxyl groups excluding tert-OH is 1. The largest absolute Gasteiger partial charge is 0.441 e. The molecule has 0 saturated heterocycles. The van der Waals surface area contributed by atoms with E-state index in [1.54, 1.807) is 37.4 Å². The second-order valence-corrected chi connectivity index (χ2v) is 5.22. The minimum absolute atomic E-state index is 0.363. The lowest BCUT2D eigenvalue weighted by Crippen LogP contribution is -2.43. The van der Waals surface area contributed by atoms with Gasteiger partial charge in [-0.05, 0) is 25.1 Å². The molecule has 1 heterocycles. The van der Waals surface area contributed by atoms with Gasteiger partial charge in [0.15, 0.2) is 6.10 Å². The number of halogens is 3. The summed E-state index contributed by atoms with van der Waals surface area (Å²) in [5, 5.41) is 11.5. The van der Waals surface area contributed by atoms with Crippen LogP contribution in [0.5, 0.6) is 0 Å². The number of aryl methyl sites for hydroxylation is 1. The fourth-order valence-corrected chi connectivity index (χ4v) is 1.88. The predicted octanol–water partition coefficient (Wildman–Crippen LogP) is 3.04. The molecule has 0 aliphatic carbocycles. The van der Waals surface area contributed by atoms with Crippen molar-refractivity contribution in [2.75, 3.05) is 18.9 Å². The summed E-state index contributed by atoms with van der Waals surface area (Å²) in [4.78, 5) is 16.7. The molecule has 9 heteroatoms. The molecule has 2 rings (SSSR count). The first kappa shape index (κ1) is 17.8. The van der Waals surface area contributed by atoms with Gasteiger partial charge in [0, 0.05) is 18.3 Å². The molecule has 6 nitrogen and oxygen atoms in total. The third kappa shape index (κ3) is 4.48. The number of oxazole rings is 1. The Kier molecular flexibility index (Phi) is 5.13. The normalized spacial score (nSPS) is 12.8. The van der Waals surface area contributed by atoms with Crippen molar-refractivity contribution >= 4 is 11.7 Å². The van der Waals surface area contributed by atoms with Crippen molar-refractivity contribution in [2.24, 2.45) is 0 Å². The van der Waals surface area contributed by atoms with Crippen LogP contribution in [0.3, 0.4) is 0 Å². The summed E-state index contributed by atoms with van der Waals surface area (Å²) in [5.41, 5.74) is 0.973. The van der Waals surface area contributed by atoms with Crippen LogP contribution in [0.25, 0.3) is 11.5 Å². The van der Waals surface area contributed by atoms with E-state index < -0.39 is 24.9 Å². The zero-order valence-electron chi connectivity index (χ0n) is 13.0. The van der Waals surface area contributed by atoms with Crippen molar-refractivity contribution in [1.82, 2.24) is 9.88 Å². The SMILES string of the molecule is Cc1cnc(-c2cccc(NC(=O)N(C)CC(O)C(F)(F)F)c2)o1. The van der Waals surface area contributed by atoms with E-state index in [9.17, 15) is 18.0 Å². The first-order chi connectivity index (χ1) is 11.2. The Balaban J connectivity index is 2.04. The van der Waals surface area contributed by atoms with E-state index in [4.69, 9.17) is 9.52 Å². The number of likely N-dealkylation sites (N-methyl/N-ethyl adjacent to an activating group) is 1. The number of anilines is 1. The minimum Gasteiger partial charge on any atom is -0.441 e. The van der Waals surface area contributed by atoms with E-state index in [-0.39, 0.29) is 0 Å². The Hall–Kier alpha value is -2.55. The topological polar surface area (TPSA) is 78.6 Å². The van der Waals surface area contributed by atoms with Crippen LogP contribution in [0.2, 0.25) is 0 Å². The third-order valence-corrected chi connectivity index (χ3v) is 3.15. The van der Waals surface area contributed by atoms with Crippen LogP contribution in [0, 0.1) is 6.92 Å². The van der Waals surface area contributed by atoms with Crippen LogP contribution < -0.4 is 5.32 Å². The molecule has 0 radical (unpaired) electrons. The third-order valence-electron chi connectivity index (χ3n) is 3.15. The predicted molar refractivity (Wildman–Crippen MR) is 80.4 cm³/mol. The second kappa shape index (κ2) is 6.91. The summed E-state index contributed by atoms with van der Waals surface area (Å²) in [7, 11) is 1.16. The van der Waals surface area contributed by atoms with Crippen molar-refractivity contribution in [3.8, 4) is 11.5 Å². The Bertz CT molecular complexity index is 715. The van der Waals surface area contributed by atoms with Gasteiger partial charge < -0.3 is 19.7 Å². The number of aliphatic hydroxyl groups is 1. The molecule has 0 aliphatic heterocycles. The lowest BCUT2D eigenvalue weighted by Gasteiger charge is -2.22. The number of amides is 2. The summed E-state index contributed by atoms with van der Waals surface area (Å²) >= 11 is 0. The van der Waals surface area contributed by atoms with E-state index in [0.717, 1.165) is 11.9 Å². The van der Waals surface area contributed by atoms with Gasteiger partial charge in [-0.15, -0.1) is 0 Å². The molecule has 0 fully saturated rings. The molecule has 2 N–H and O–H groups in total. The van der Waals surface area contributed by atoms with Crippen molar-refractivity contribution in [1.29, 1.82) is 0 Å². The fourth-order valence-electron chi connectivity index (χ4n) is 1.88. The highest BCUT2D eigenvalue weighted by Crippen LogP contribution is 2.23. The highest BCUT2D eigenvalue weighted by Gasteiger charge is 2.39. The van der Waals surface area contributed by atoms with Crippen LogP contribution in [0.4, 0.5) is 23.7 Å². The van der Waals surface area contributed by atoms with Gasteiger partial charge in [-0.2, -0.15) is 13.2 Å². The molecule has 0 spiro atoms. The molecule has 0 bridgehead atoms. The molecule has 1 aromatic carbocycles. The summed E-state index contributed by atoms with van der Waals surface area (Å²) in [6, 6.07) is 5.74. The van der Waals surface area contributed by atoms with Gasteiger partial charge in [0.1, 0.15) is 5.76 Å². The Morgan fingerprint density at radius 2 is 2.17 bits per heavy atom. The van der Waals surface area contributed by atoms with Gasteiger partial charge >= 0.3 is 12.2 Å². The maximum Gasteiger partial charge on any atom is 0.416 e. The summed E-state index contributed by atoms with van der Waals surface area (Å²) in [5.74, 6) is 0.991. The Morgan fingerprint density at radius 3 is 2.75 bits per heavy atom. The number of aromatic nitrogens is 1. The molecule has 2 amide bonds. The highest BCUT2D eigenvalue weighted by atomic mass is 19.4. The first-order valence-corrected chi connectivity index (χ1v) is 6.96. The van der Waals surface area contributed by atoms with Crippen molar-refractivity contribution in [3.63, 3.8) is 0 Å². The Labute approximate surface area is 135 Å². The monoisotopic (exact) mass is 343 g/mol. The quantitative estimate of drug-likeness (QED) is 0.894. The van der Waals surface area contributed by atoms with Crippen molar-refractivity contribution in [2.45, 2.75) is 19.2 Å². The summed E-state index contributed by atoms with van der Waals surface area (Å²) in [6.45, 7) is 0.872. The molecule has 130 valence electrons. The van der Waals surface area contributed by atoms with E-state index in [0.29, 0.717) is 22.9 Å². The van der Waals surface area contributed by atoms with Crippen LogP contribution in [-0.4, -0.2) is 46.9 Å². The molecular weight excluding hydrogens is 327 g/mol. The number of nitrogens with one attached hydrogen (secondary N) is 1.